The molecule has 0 saturated carbocycles. The summed E-state index contributed by atoms with van der Waals surface area (Å²) < 4.78 is 5.51. The first-order valence-electron chi connectivity index (χ1n) is 11.4. The van der Waals surface area contributed by atoms with Gasteiger partial charge in [-0.3, -0.25) is 4.98 Å². The molecule has 0 radical (unpaired) electrons. The normalized spacial score (nSPS) is 14.3. The van der Waals surface area contributed by atoms with Crippen molar-refractivity contribution in [1.82, 2.24) is 10.3 Å². The summed E-state index contributed by atoms with van der Waals surface area (Å²) in [6.07, 6.45) is 1.02. The quantitative estimate of drug-likeness (QED) is 0.381. The van der Waals surface area contributed by atoms with Crippen molar-refractivity contribution in [2.45, 2.75) is 24.5 Å². The van der Waals surface area contributed by atoms with Crippen molar-refractivity contribution in [2.75, 3.05) is 13.2 Å². The summed E-state index contributed by atoms with van der Waals surface area (Å²) in [6, 6.07) is 23.7. The van der Waals surface area contributed by atoms with E-state index in [-0.39, 0.29) is 25.5 Å². The third kappa shape index (κ3) is 4.38. The number of aromatic nitrogens is 1. The van der Waals surface area contributed by atoms with E-state index in [2.05, 4.69) is 34.6 Å². The van der Waals surface area contributed by atoms with Crippen LogP contribution < -0.4 is 5.32 Å². The number of amides is 1. The number of hydrogen-bond donors (Lipinski definition) is 3. The van der Waals surface area contributed by atoms with Crippen molar-refractivity contribution in [1.29, 1.82) is 0 Å². The van der Waals surface area contributed by atoms with Gasteiger partial charge in [-0.2, -0.15) is 0 Å². The van der Waals surface area contributed by atoms with Gasteiger partial charge in [-0.1, -0.05) is 60.7 Å². The van der Waals surface area contributed by atoms with Crippen molar-refractivity contribution in [3.05, 3.63) is 102 Å². The molecule has 1 aliphatic rings. The first-order chi connectivity index (χ1) is 16.6. The second kappa shape index (κ2) is 9.63. The number of alkyl carbamates (subject to hydrolysis) is 1. The fourth-order valence-electron chi connectivity index (χ4n) is 4.64. The Labute approximate surface area is 197 Å². The maximum atomic E-state index is 12.3. The van der Waals surface area contributed by atoms with E-state index >= 15 is 0 Å². The van der Waals surface area contributed by atoms with Crippen LogP contribution in [0.5, 0.6) is 0 Å². The Morgan fingerprint density at radius 3 is 2.38 bits per heavy atom. The van der Waals surface area contributed by atoms with Crippen LogP contribution in [0.2, 0.25) is 0 Å². The van der Waals surface area contributed by atoms with Crippen LogP contribution in [-0.2, 0) is 4.74 Å². The predicted molar refractivity (Wildman–Crippen MR) is 130 cm³/mol. The lowest BCUT2D eigenvalue weighted by Crippen LogP contribution is -2.30. The zero-order chi connectivity index (χ0) is 23.5. The third-order valence-corrected chi connectivity index (χ3v) is 6.42. The minimum atomic E-state index is -1.05. The molecule has 4 aromatic rings. The number of ether oxygens (including phenoxy) is 1. The maximum absolute atomic E-state index is 12.3. The number of benzene rings is 3. The van der Waals surface area contributed by atoms with Gasteiger partial charge in [-0.05, 0) is 51.8 Å². The zero-order valence-electron chi connectivity index (χ0n) is 18.6. The van der Waals surface area contributed by atoms with Crippen LogP contribution in [0, 0.1) is 0 Å². The first-order valence-corrected chi connectivity index (χ1v) is 11.4. The summed E-state index contributed by atoms with van der Waals surface area (Å²) in [7, 11) is 0. The Morgan fingerprint density at radius 2 is 1.65 bits per heavy atom. The van der Waals surface area contributed by atoms with Crippen LogP contribution >= 0.6 is 0 Å². The Morgan fingerprint density at radius 1 is 0.941 bits per heavy atom. The monoisotopic (exact) mass is 454 g/mol. The average molecular weight is 455 g/mol. The Hall–Kier alpha value is -3.74. The van der Waals surface area contributed by atoms with E-state index in [9.17, 15) is 15.0 Å². The first kappa shape index (κ1) is 22.1. The lowest BCUT2D eigenvalue weighted by Gasteiger charge is -2.19. The Kier molecular flexibility index (Phi) is 6.25. The van der Waals surface area contributed by atoms with E-state index in [0.29, 0.717) is 5.56 Å². The molecule has 0 fully saturated rings. The topological polar surface area (TPSA) is 91.7 Å². The van der Waals surface area contributed by atoms with E-state index in [1.165, 1.54) is 11.1 Å². The van der Waals surface area contributed by atoms with Crippen molar-refractivity contribution < 1.29 is 19.7 Å². The lowest BCUT2D eigenvalue weighted by atomic mass is 9.98. The Bertz CT molecular complexity index is 1280. The van der Waals surface area contributed by atoms with Crippen LogP contribution in [0.25, 0.3) is 21.9 Å². The van der Waals surface area contributed by atoms with Gasteiger partial charge in [-0.25, -0.2) is 4.79 Å². The molecule has 0 bridgehead atoms. The number of aliphatic hydroxyl groups excluding tert-OH is 2. The molecule has 5 rings (SSSR count). The van der Waals surface area contributed by atoms with Crippen LogP contribution in [0.1, 0.15) is 35.1 Å². The number of pyridine rings is 1. The van der Waals surface area contributed by atoms with Crippen LogP contribution in [0.15, 0.2) is 85.2 Å². The molecular weight excluding hydrogens is 428 g/mol. The largest absolute Gasteiger partial charge is 0.449 e. The highest BCUT2D eigenvalue weighted by Gasteiger charge is 2.29. The molecule has 6 nitrogen and oxygen atoms in total. The van der Waals surface area contributed by atoms with Gasteiger partial charge in [0, 0.05) is 30.2 Å². The number of hydrogen-bond acceptors (Lipinski definition) is 5. The molecule has 6 heteroatoms. The molecule has 0 saturated heterocycles. The van der Waals surface area contributed by atoms with Crippen LogP contribution in [-0.4, -0.2) is 40.5 Å². The predicted octanol–water partition coefficient (Wildman–Crippen LogP) is 4.56. The van der Waals surface area contributed by atoms with Gasteiger partial charge >= 0.3 is 6.09 Å². The summed E-state index contributed by atoms with van der Waals surface area (Å²) in [4.78, 5) is 16.4. The van der Waals surface area contributed by atoms with Gasteiger partial charge in [0.2, 0.25) is 0 Å². The molecular formula is C28H26N2O4. The molecule has 1 amide bonds. The number of carbonyl (C=O) groups excluding carboxylic acids is 1. The molecule has 2 unspecified atom stereocenters. The van der Waals surface area contributed by atoms with Gasteiger partial charge in [-0.15, -0.1) is 0 Å². The van der Waals surface area contributed by atoms with Gasteiger partial charge in [0.05, 0.1) is 6.10 Å². The molecule has 34 heavy (non-hydrogen) atoms. The highest BCUT2D eigenvalue weighted by atomic mass is 16.5. The van der Waals surface area contributed by atoms with Crippen molar-refractivity contribution in [3.8, 4) is 11.1 Å². The average Bonchev–Trinajstić information content (AvgIpc) is 3.20. The SMILES string of the molecule is O=C(NCCC(O)C(O)c1ccc2cnccc2c1)OCC1c2ccccc2-c2ccccc21. The molecule has 3 aromatic carbocycles. The van der Waals surface area contributed by atoms with Crippen molar-refractivity contribution in [2.24, 2.45) is 0 Å². The number of carbonyl (C=O) groups is 1. The number of nitrogens with one attached hydrogen (secondary N) is 1. The van der Waals surface area contributed by atoms with Gasteiger partial charge < -0.3 is 20.3 Å². The summed E-state index contributed by atoms with van der Waals surface area (Å²) in [5.74, 6) is -0.00586. The van der Waals surface area contributed by atoms with Gasteiger partial charge in [0.15, 0.2) is 0 Å². The molecule has 0 spiro atoms. The molecule has 172 valence electrons. The second-order valence-corrected chi connectivity index (χ2v) is 8.54. The number of rotatable bonds is 7. The van der Waals surface area contributed by atoms with E-state index in [1.54, 1.807) is 18.5 Å². The van der Waals surface area contributed by atoms with Gasteiger partial charge in [0.25, 0.3) is 0 Å². The zero-order valence-corrected chi connectivity index (χ0v) is 18.6. The fourth-order valence-corrected chi connectivity index (χ4v) is 4.64. The number of aliphatic hydroxyl groups is 2. The van der Waals surface area contributed by atoms with E-state index in [0.717, 1.165) is 21.9 Å². The van der Waals surface area contributed by atoms with Crippen LogP contribution in [0.3, 0.4) is 0 Å². The molecule has 2 atom stereocenters. The summed E-state index contributed by atoms with van der Waals surface area (Å²) >= 11 is 0. The number of fused-ring (bicyclic) bond motifs is 4. The van der Waals surface area contributed by atoms with E-state index in [4.69, 9.17) is 4.74 Å². The maximum Gasteiger partial charge on any atom is 0.407 e. The Balaban J connectivity index is 1.13. The smallest absolute Gasteiger partial charge is 0.407 e. The fraction of sp³-hybridized carbons (Fsp3) is 0.214. The van der Waals surface area contributed by atoms with E-state index < -0.39 is 18.3 Å². The molecule has 0 aliphatic heterocycles. The standard InChI is InChI=1S/C28H26N2O4/c31-26(27(32)19-9-10-20-16-29-13-11-18(20)15-19)12-14-30-28(33)34-17-25-23-7-3-1-5-21(23)22-6-2-4-8-24(22)25/h1-11,13,15-16,25-27,31-32H,12,14,17H2,(H,30,33). The highest BCUT2D eigenvalue weighted by Crippen LogP contribution is 2.44. The van der Waals surface area contributed by atoms with Crippen LogP contribution in [0.4, 0.5) is 4.79 Å². The minimum Gasteiger partial charge on any atom is -0.449 e. The summed E-state index contributed by atoms with van der Waals surface area (Å²) in [5.41, 5.74) is 5.28. The highest BCUT2D eigenvalue weighted by molar-refractivity contribution is 5.82. The van der Waals surface area contributed by atoms with E-state index in [1.807, 2.05) is 42.5 Å². The second-order valence-electron chi connectivity index (χ2n) is 8.54. The molecule has 3 N–H and O–H groups in total. The number of nitrogens with zero attached hydrogens (tertiary/aromatic N) is 1. The third-order valence-electron chi connectivity index (χ3n) is 6.42. The minimum absolute atomic E-state index is 0.00586. The van der Waals surface area contributed by atoms with Crippen molar-refractivity contribution >= 4 is 16.9 Å². The van der Waals surface area contributed by atoms with Crippen molar-refractivity contribution in [3.63, 3.8) is 0 Å². The van der Waals surface area contributed by atoms with Gasteiger partial charge in [0.1, 0.15) is 12.7 Å². The molecule has 1 aromatic heterocycles. The lowest BCUT2D eigenvalue weighted by molar-refractivity contribution is 0.0137. The molecule has 1 aliphatic carbocycles. The summed E-state index contributed by atoms with van der Waals surface area (Å²) in [5, 5.41) is 25.5. The molecule has 1 heterocycles. The summed E-state index contributed by atoms with van der Waals surface area (Å²) in [6.45, 7) is 0.420.